The van der Waals surface area contributed by atoms with Crippen molar-refractivity contribution in [2.75, 3.05) is 6.54 Å². The van der Waals surface area contributed by atoms with Gasteiger partial charge in [-0.1, -0.05) is 30.3 Å². The maximum atomic E-state index is 11.5. The van der Waals surface area contributed by atoms with Crippen molar-refractivity contribution in [1.82, 2.24) is 15.3 Å². The Bertz CT molecular complexity index is 979. The Morgan fingerprint density at radius 3 is 2.88 bits per heavy atom. The van der Waals surface area contributed by atoms with Gasteiger partial charge in [0.25, 0.3) is 5.56 Å². The zero-order valence-electron chi connectivity index (χ0n) is 15.1. The Labute approximate surface area is 152 Å². The van der Waals surface area contributed by atoms with Crippen molar-refractivity contribution in [3.05, 3.63) is 70.1 Å². The molecule has 5 nitrogen and oxygen atoms in total. The summed E-state index contributed by atoms with van der Waals surface area (Å²) in [6.45, 7) is 5.08. The minimum atomic E-state index is -0.270. The Morgan fingerprint density at radius 1 is 1.27 bits per heavy atom. The van der Waals surface area contributed by atoms with Crippen LogP contribution in [-0.4, -0.2) is 22.1 Å². The number of fused-ring (bicyclic) bond motifs is 2. The van der Waals surface area contributed by atoms with E-state index in [0.29, 0.717) is 5.52 Å². The number of aromatic amines is 1. The second-order valence-corrected chi connectivity index (χ2v) is 7.46. The maximum Gasteiger partial charge on any atom is 0.266 e. The van der Waals surface area contributed by atoms with Gasteiger partial charge in [-0.05, 0) is 38.4 Å². The van der Waals surface area contributed by atoms with E-state index in [0.717, 1.165) is 36.2 Å². The number of hydrogen-bond acceptors (Lipinski definition) is 4. The van der Waals surface area contributed by atoms with Gasteiger partial charge in [0.1, 0.15) is 11.4 Å². The number of rotatable bonds is 4. The normalized spacial score (nSPS) is 18.3. The first kappa shape index (κ1) is 16.8. The molecule has 1 aliphatic heterocycles. The van der Waals surface area contributed by atoms with E-state index in [1.807, 2.05) is 18.2 Å². The maximum absolute atomic E-state index is 11.5. The highest BCUT2D eigenvalue weighted by Crippen LogP contribution is 2.40. The third kappa shape index (κ3) is 3.48. The number of ether oxygens (including phenoxy) is 1. The predicted molar refractivity (Wildman–Crippen MR) is 103 cm³/mol. The van der Waals surface area contributed by atoms with Crippen LogP contribution in [0, 0.1) is 0 Å². The molecule has 1 aliphatic rings. The fourth-order valence-corrected chi connectivity index (χ4v) is 3.60. The molecule has 2 heterocycles. The molecule has 3 aromatic rings. The Kier molecular flexibility index (Phi) is 4.24. The monoisotopic (exact) mass is 349 g/mol. The molecule has 1 unspecified atom stereocenters. The molecule has 0 aliphatic carbocycles. The number of nitrogens with zero attached hydrogens (tertiary/aromatic N) is 1. The Morgan fingerprint density at radius 2 is 2.08 bits per heavy atom. The molecule has 0 spiro atoms. The third-order valence-electron chi connectivity index (χ3n) is 4.81. The van der Waals surface area contributed by atoms with Crippen LogP contribution in [0.1, 0.15) is 37.4 Å². The van der Waals surface area contributed by atoms with E-state index >= 15 is 0 Å². The van der Waals surface area contributed by atoms with Crippen molar-refractivity contribution >= 4 is 11.0 Å². The van der Waals surface area contributed by atoms with Crippen LogP contribution in [0.25, 0.3) is 11.0 Å². The van der Waals surface area contributed by atoms with Crippen LogP contribution in [0.2, 0.25) is 0 Å². The van der Waals surface area contributed by atoms with Gasteiger partial charge >= 0.3 is 0 Å². The van der Waals surface area contributed by atoms with Gasteiger partial charge in [0, 0.05) is 24.1 Å². The van der Waals surface area contributed by atoms with Crippen molar-refractivity contribution in [1.29, 1.82) is 0 Å². The molecule has 1 aromatic heterocycles. The number of benzene rings is 2. The molecule has 26 heavy (non-hydrogen) atoms. The summed E-state index contributed by atoms with van der Waals surface area (Å²) >= 11 is 0. The second kappa shape index (κ2) is 6.57. The van der Waals surface area contributed by atoms with Gasteiger partial charge in [0.05, 0.1) is 17.2 Å². The van der Waals surface area contributed by atoms with Gasteiger partial charge in [-0.15, -0.1) is 0 Å². The Hall–Kier alpha value is -2.66. The van der Waals surface area contributed by atoms with Crippen molar-refractivity contribution in [2.24, 2.45) is 0 Å². The molecule has 0 bridgehead atoms. The molecule has 5 heteroatoms. The van der Waals surface area contributed by atoms with Crippen LogP contribution in [0.3, 0.4) is 0 Å². The number of aromatic nitrogens is 2. The molecular formula is C21H23N3O2. The molecule has 0 fully saturated rings. The van der Waals surface area contributed by atoms with Crippen molar-refractivity contribution in [3.8, 4) is 5.75 Å². The average molecular weight is 349 g/mol. The lowest BCUT2D eigenvalue weighted by atomic mass is 9.89. The van der Waals surface area contributed by atoms with Crippen LogP contribution in [0.5, 0.6) is 5.75 Å². The van der Waals surface area contributed by atoms with E-state index < -0.39 is 0 Å². The quantitative estimate of drug-likeness (QED) is 0.758. The van der Waals surface area contributed by atoms with Crippen LogP contribution in [-0.2, 0) is 6.42 Å². The first-order valence-electron chi connectivity index (χ1n) is 8.99. The highest BCUT2D eigenvalue weighted by Gasteiger charge is 2.33. The Balaban J connectivity index is 1.61. The standard InChI is InChI=1S/C21H23N3O2/c1-21(2)12-18(22-9-8-14-6-4-3-5-7-14)15-10-16-17(11-19(15)26-21)24-20(25)13-23-16/h3-7,10-11,13,18,22H,8-9,12H2,1-2H3,(H,24,25). The highest BCUT2D eigenvalue weighted by molar-refractivity contribution is 5.77. The van der Waals surface area contributed by atoms with Gasteiger partial charge in [0.2, 0.25) is 0 Å². The molecule has 0 amide bonds. The van der Waals surface area contributed by atoms with E-state index in [-0.39, 0.29) is 17.2 Å². The first-order chi connectivity index (χ1) is 12.5. The van der Waals surface area contributed by atoms with E-state index in [4.69, 9.17) is 4.74 Å². The van der Waals surface area contributed by atoms with Gasteiger partial charge < -0.3 is 15.0 Å². The summed E-state index contributed by atoms with van der Waals surface area (Å²) in [4.78, 5) is 18.6. The highest BCUT2D eigenvalue weighted by atomic mass is 16.5. The molecular weight excluding hydrogens is 326 g/mol. The summed E-state index contributed by atoms with van der Waals surface area (Å²) in [5, 5.41) is 3.68. The average Bonchev–Trinajstić information content (AvgIpc) is 2.60. The van der Waals surface area contributed by atoms with Crippen molar-refractivity contribution in [3.63, 3.8) is 0 Å². The van der Waals surface area contributed by atoms with Gasteiger partial charge in [-0.2, -0.15) is 0 Å². The summed E-state index contributed by atoms with van der Waals surface area (Å²) < 4.78 is 6.17. The lowest BCUT2D eigenvalue weighted by Gasteiger charge is -2.38. The summed E-state index contributed by atoms with van der Waals surface area (Å²) in [5.74, 6) is 0.814. The molecule has 4 rings (SSSR count). The van der Waals surface area contributed by atoms with Crippen molar-refractivity contribution in [2.45, 2.75) is 38.3 Å². The lowest BCUT2D eigenvalue weighted by molar-refractivity contribution is 0.0664. The van der Waals surface area contributed by atoms with E-state index in [2.05, 4.69) is 53.4 Å². The minimum absolute atomic E-state index is 0.190. The molecule has 2 aromatic carbocycles. The van der Waals surface area contributed by atoms with Gasteiger partial charge in [-0.3, -0.25) is 4.79 Å². The zero-order chi connectivity index (χ0) is 18.1. The largest absolute Gasteiger partial charge is 0.487 e. The van der Waals surface area contributed by atoms with E-state index in [1.54, 1.807) is 0 Å². The van der Waals surface area contributed by atoms with E-state index in [1.165, 1.54) is 11.8 Å². The number of H-pyrrole nitrogens is 1. The van der Waals surface area contributed by atoms with E-state index in [9.17, 15) is 4.79 Å². The molecule has 0 saturated carbocycles. The molecule has 1 atom stereocenters. The summed E-state index contributed by atoms with van der Waals surface area (Å²) in [6, 6.07) is 14.6. The fourth-order valence-electron chi connectivity index (χ4n) is 3.60. The fraction of sp³-hybridized carbons (Fsp3) is 0.333. The lowest BCUT2D eigenvalue weighted by Crippen LogP contribution is -2.40. The van der Waals surface area contributed by atoms with Crippen LogP contribution >= 0.6 is 0 Å². The topological polar surface area (TPSA) is 67.0 Å². The zero-order valence-corrected chi connectivity index (χ0v) is 15.1. The van der Waals surface area contributed by atoms with Gasteiger partial charge in [-0.25, -0.2) is 4.98 Å². The smallest absolute Gasteiger partial charge is 0.266 e. The second-order valence-electron chi connectivity index (χ2n) is 7.46. The van der Waals surface area contributed by atoms with Crippen molar-refractivity contribution < 1.29 is 4.74 Å². The van der Waals surface area contributed by atoms with Crippen LogP contribution in [0.4, 0.5) is 0 Å². The first-order valence-corrected chi connectivity index (χ1v) is 8.99. The minimum Gasteiger partial charge on any atom is -0.487 e. The summed E-state index contributed by atoms with van der Waals surface area (Å²) in [5.41, 5.74) is 3.44. The molecule has 0 saturated heterocycles. The predicted octanol–water partition coefficient (Wildman–Crippen LogP) is 3.36. The van der Waals surface area contributed by atoms with Crippen LogP contribution in [0.15, 0.2) is 53.5 Å². The summed E-state index contributed by atoms with van der Waals surface area (Å²) in [7, 11) is 0. The molecule has 0 radical (unpaired) electrons. The molecule has 134 valence electrons. The summed E-state index contributed by atoms with van der Waals surface area (Å²) in [6.07, 6.45) is 3.18. The SMILES string of the molecule is CC1(C)CC(NCCc2ccccc2)c2cc3ncc(=O)[nH]c3cc2O1. The molecule has 2 N–H and O–H groups in total. The van der Waals surface area contributed by atoms with Crippen LogP contribution < -0.4 is 15.6 Å². The number of nitrogens with one attached hydrogen (secondary N) is 2. The van der Waals surface area contributed by atoms with Gasteiger partial charge in [0.15, 0.2) is 0 Å². The number of hydrogen-bond donors (Lipinski definition) is 2. The third-order valence-corrected chi connectivity index (χ3v) is 4.81.